The Morgan fingerprint density at radius 3 is 2.81 bits per heavy atom. The topological polar surface area (TPSA) is 66.6 Å². The van der Waals surface area contributed by atoms with Crippen molar-refractivity contribution in [2.24, 2.45) is 0 Å². The van der Waals surface area contributed by atoms with Crippen LogP contribution in [0.2, 0.25) is 0 Å². The second-order valence-electron chi connectivity index (χ2n) is 3.80. The maximum absolute atomic E-state index is 5.88. The molecule has 0 saturated carbocycles. The number of ether oxygens (including phenoxy) is 3. The van der Waals surface area contributed by atoms with Gasteiger partial charge in [0.25, 0.3) is 0 Å². The first-order valence-corrected chi connectivity index (χ1v) is 5.23. The van der Waals surface area contributed by atoms with E-state index in [-0.39, 0.29) is 12.2 Å². The van der Waals surface area contributed by atoms with Gasteiger partial charge in [0.2, 0.25) is 0 Å². The van der Waals surface area contributed by atoms with Crippen LogP contribution in [0.15, 0.2) is 12.4 Å². The number of nitrogens with two attached hydrogens (primary N) is 1. The fourth-order valence-corrected chi connectivity index (χ4v) is 1.58. The van der Waals surface area contributed by atoms with E-state index in [0.717, 1.165) is 5.56 Å². The van der Waals surface area contributed by atoms with Crippen molar-refractivity contribution >= 4 is 5.69 Å². The minimum atomic E-state index is -0.112. The maximum Gasteiger partial charge on any atom is 0.146 e. The van der Waals surface area contributed by atoms with E-state index >= 15 is 0 Å². The Morgan fingerprint density at radius 1 is 1.50 bits per heavy atom. The summed E-state index contributed by atoms with van der Waals surface area (Å²) in [5.41, 5.74) is 7.32. The summed E-state index contributed by atoms with van der Waals surface area (Å²) in [6.45, 7) is 3.17. The average Bonchev–Trinajstić information content (AvgIpc) is 2.22. The molecule has 1 saturated heterocycles. The SMILES string of the molecule is COC(C)c1c(N)cncc1OC1COC1. The molecule has 1 aliphatic rings. The molecule has 1 unspecified atom stereocenters. The maximum atomic E-state index is 5.88. The summed E-state index contributed by atoms with van der Waals surface area (Å²) in [7, 11) is 1.64. The smallest absolute Gasteiger partial charge is 0.146 e. The van der Waals surface area contributed by atoms with Crippen LogP contribution in [0.4, 0.5) is 5.69 Å². The lowest BCUT2D eigenvalue weighted by Crippen LogP contribution is -2.38. The highest BCUT2D eigenvalue weighted by atomic mass is 16.6. The molecule has 5 nitrogen and oxygen atoms in total. The van der Waals surface area contributed by atoms with Gasteiger partial charge in [0.15, 0.2) is 0 Å². The third kappa shape index (κ3) is 2.10. The zero-order valence-corrected chi connectivity index (χ0v) is 9.47. The van der Waals surface area contributed by atoms with Gasteiger partial charge in [0.1, 0.15) is 11.9 Å². The fraction of sp³-hybridized carbons (Fsp3) is 0.545. The Balaban J connectivity index is 2.23. The molecule has 1 aromatic rings. The van der Waals surface area contributed by atoms with Crippen molar-refractivity contribution in [1.82, 2.24) is 4.98 Å². The zero-order chi connectivity index (χ0) is 11.5. The minimum absolute atomic E-state index is 0.103. The highest BCUT2D eigenvalue weighted by Gasteiger charge is 2.23. The Hall–Kier alpha value is -1.33. The molecule has 0 aliphatic carbocycles. The summed E-state index contributed by atoms with van der Waals surface area (Å²) in [6, 6.07) is 0. The number of nitrogen functional groups attached to an aromatic ring is 1. The molecule has 0 amide bonds. The third-order valence-corrected chi connectivity index (χ3v) is 2.64. The van der Waals surface area contributed by atoms with Crippen molar-refractivity contribution in [3.63, 3.8) is 0 Å². The molecule has 5 heteroatoms. The molecule has 0 aromatic carbocycles. The van der Waals surface area contributed by atoms with Crippen LogP contribution in [0.5, 0.6) is 5.75 Å². The summed E-state index contributed by atoms with van der Waals surface area (Å²) >= 11 is 0. The second-order valence-corrected chi connectivity index (χ2v) is 3.80. The first kappa shape index (κ1) is 11.2. The number of pyridine rings is 1. The molecule has 2 N–H and O–H groups in total. The number of anilines is 1. The van der Waals surface area contributed by atoms with E-state index in [1.165, 1.54) is 0 Å². The monoisotopic (exact) mass is 224 g/mol. The predicted octanol–water partition coefficient (Wildman–Crippen LogP) is 1.15. The first-order chi connectivity index (χ1) is 7.72. The summed E-state index contributed by atoms with van der Waals surface area (Å²) in [5.74, 6) is 0.683. The summed E-state index contributed by atoms with van der Waals surface area (Å²) in [6.07, 6.45) is 3.26. The number of aromatic nitrogens is 1. The van der Waals surface area contributed by atoms with Gasteiger partial charge in [-0.25, -0.2) is 0 Å². The van der Waals surface area contributed by atoms with Crippen LogP contribution < -0.4 is 10.5 Å². The standard InChI is InChI=1S/C11H16N2O3/c1-7(14-2)11-9(12)3-13-4-10(11)16-8-5-15-6-8/h3-4,7-8H,5-6,12H2,1-2H3. The highest BCUT2D eigenvalue weighted by Crippen LogP contribution is 2.32. The lowest BCUT2D eigenvalue weighted by Gasteiger charge is -2.28. The van der Waals surface area contributed by atoms with Gasteiger partial charge in [0.05, 0.1) is 37.4 Å². The van der Waals surface area contributed by atoms with Crippen LogP contribution in [0.3, 0.4) is 0 Å². The quantitative estimate of drug-likeness (QED) is 0.831. The average molecular weight is 224 g/mol. The van der Waals surface area contributed by atoms with Gasteiger partial charge in [-0.3, -0.25) is 4.98 Å². The van der Waals surface area contributed by atoms with Crippen LogP contribution in [-0.2, 0) is 9.47 Å². The minimum Gasteiger partial charge on any atom is -0.484 e. The van der Waals surface area contributed by atoms with Gasteiger partial charge in [-0.1, -0.05) is 0 Å². The van der Waals surface area contributed by atoms with E-state index < -0.39 is 0 Å². The van der Waals surface area contributed by atoms with E-state index in [0.29, 0.717) is 24.7 Å². The van der Waals surface area contributed by atoms with Crippen molar-refractivity contribution in [2.75, 3.05) is 26.1 Å². The Bertz CT molecular complexity index is 366. The molecule has 2 heterocycles. The third-order valence-electron chi connectivity index (χ3n) is 2.64. The van der Waals surface area contributed by atoms with Gasteiger partial charge in [-0.05, 0) is 6.92 Å². The molecule has 0 radical (unpaired) electrons. The van der Waals surface area contributed by atoms with Crippen molar-refractivity contribution in [3.05, 3.63) is 18.0 Å². The van der Waals surface area contributed by atoms with E-state index in [1.807, 2.05) is 6.92 Å². The molecule has 16 heavy (non-hydrogen) atoms. The van der Waals surface area contributed by atoms with E-state index in [2.05, 4.69) is 4.98 Å². The molecular weight excluding hydrogens is 208 g/mol. The molecule has 1 fully saturated rings. The van der Waals surface area contributed by atoms with E-state index in [9.17, 15) is 0 Å². The number of nitrogens with zero attached hydrogens (tertiary/aromatic N) is 1. The molecule has 1 atom stereocenters. The van der Waals surface area contributed by atoms with Crippen LogP contribution in [0.1, 0.15) is 18.6 Å². The largest absolute Gasteiger partial charge is 0.484 e. The number of hydrogen-bond acceptors (Lipinski definition) is 5. The van der Waals surface area contributed by atoms with Crippen LogP contribution in [-0.4, -0.2) is 31.4 Å². The second kappa shape index (κ2) is 4.67. The molecule has 1 aliphatic heterocycles. The van der Waals surface area contributed by atoms with E-state index in [1.54, 1.807) is 19.5 Å². The van der Waals surface area contributed by atoms with Crippen LogP contribution >= 0.6 is 0 Å². The van der Waals surface area contributed by atoms with Crippen molar-refractivity contribution in [3.8, 4) is 5.75 Å². The van der Waals surface area contributed by atoms with Gasteiger partial charge >= 0.3 is 0 Å². The molecule has 2 rings (SSSR count). The van der Waals surface area contributed by atoms with Crippen molar-refractivity contribution in [1.29, 1.82) is 0 Å². The number of hydrogen-bond donors (Lipinski definition) is 1. The Kier molecular flexibility index (Phi) is 3.26. The Morgan fingerprint density at radius 2 is 2.25 bits per heavy atom. The Labute approximate surface area is 94.5 Å². The summed E-state index contributed by atoms with van der Waals surface area (Å²) in [4.78, 5) is 4.03. The van der Waals surface area contributed by atoms with Crippen LogP contribution in [0.25, 0.3) is 0 Å². The van der Waals surface area contributed by atoms with Crippen molar-refractivity contribution in [2.45, 2.75) is 19.1 Å². The van der Waals surface area contributed by atoms with Gasteiger partial charge in [0, 0.05) is 12.7 Å². The molecule has 88 valence electrons. The van der Waals surface area contributed by atoms with E-state index in [4.69, 9.17) is 19.9 Å². The zero-order valence-electron chi connectivity index (χ0n) is 9.47. The van der Waals surface area contributed by atoms with Gasteiger partial charge in [-0.15, -0.1) is 0 Å². The lowest BCUT2D eigenvalue weighted by molar-refractivity contribution is -0.0807. The number of rotatable bonds is 4. The number of methoxy groups -OCH3 is 1. The highest BCUT2D eigenvalue weighted by molar-refractivity contribution is 5.53. The predicted molar refractivity (Wildman–Crippen MR) is 59.3 cm³/mol. The van der Waals surface area contributed by atoms with Crippen LogP contribution in [0, 0.1) is 0 Å². The molecule has 1 aromatic heterocycles. The molecule has 0 spiro atoms. The van der Waals surface area contributed by atoms with Crippen molar-refractivity contribution < 1.29 is 14.2 Å². The summed E-state index contributed by atoms with van der Waals surface area (Å²) < 4.78 is 16.1. The first-order valence-electron chi connectivity index (χ1n) is 5.23. The summed E-state index contributed by atoms with van der Waals surface area (Å²) in [5, 5.41) is 0. The molecular formula is C11H16N2O3. The van der Waals surface area contributed by atoms with Gasteiger partial charge < -0.3 is 19.9 Å². The normalized spacial score (nSPS) is 17.9. The fourth-order valence-electron chi connectivity index (χ4n) is 1.58. The molecule has 0 bridgehead atoms. The lowest BCUT2D eigenvalue weighted by atomic mass is 10.1. The van der Waals surface area contributed by atoms with Gasteiger partial charge in [-0.2, -0.15) is 0 Å².